The predicted molar refractivity (Wildman–Crippen MR) is 114 cm³/mol. The average molecular weight is 415 g/mol. The van der Waals surface area contributed by atoms with E-state index in [-0.39, 0.29) is 30.6 Å². The topological polar surface area (TPSA) is 59.1 Å². The van der Waals surface area contributed by atoms with Crippen LogP contribution in [0.1, 0.15) is 49.7 Å². The molecule has 0 saturated carbocycles. The molecule has 6 heteroatoms. The number of hydrogen-bond donors (Lipinski definition) is 0. The van der Waals surface area contributed by atoms with E-state index < -0.39 is 0 Å². The van der Waals surface area contributed by atoms with Crippen molar-refractivity contribution in [1.29, 1.82) is 0 Å². The molecule has 0 aliphatic carbocycles. The van der Waals surface area contributed by atoms with E-state index in [0.29, 0.717) is 18.5 Å². The summed E-state index contributed by atoms with van der Waals surface area (Å²) < 4.78 is 11.5. The minimum atomic E-state index is 0.115. The van der Waals surface area contributed by atoms with Gasteiger partial charge in [0.2, 0.25) is 11.8 Å². The molecule has 2 unspecified atom stereocenters. The second-order valence-corrected chi connectivity index (χ2v) is 9.03. The van der Waals surface area contributed by atoms with Crippen LogP contribution in [0.15, 0.2) is 24.3 Å². The second kappa shape index (κ2) is 9.48. The van der Waals surface area contributed by atoms with Crippen LogP contribution in [-0.4, -0.2) is 72.7 Å². The zero-order valence-corrected chi connectivity index (χ0v) is 18.2. The van der Waals surface area contributed by atoms with Gasteiger partial charge in [0.15, 0.2) is 0 Å². The highest BCUT2D eigenvalue weighted by Gasteiger charge is 2.44. The fraction of sp³-hybridized carbons (Fsp3) is 0.667. The zero-order valence-electron chi connectivity index (χ0n) is 18.2. The monoisotopic (exact) mass is 414 g/mol. The van der Waals surface area contributed by atoms with Crippen LogP contribution in [-0.2, 0) is 25.5 Å². The first-order valence-electron chi connectivity index (χ1n) is 11.3. The minimum absolute atomic E-state index is 0.115. The summed E-state index contributed by atoms with van der Waals surface area (Å²) >= 11 is 0. The maximum Gasteiger partial charge on any atom is 0.249 e. The van der Waals surface area contributed by atoms with Gasteiger partial charge in [-0.2, -0.15) is 0 Å². The van der Waals surface area contributed by atoms with Crippen LogP contribution in [0.4, 0.5) is 0 Å². The van der Waals surface area contributed by atoms with E-state index >= 15 is 0 Å². The van der Waals surface area contributed by atoms with E-state index in [1.54, 1.807) is 7.11 Å². The van der Waals surface area contributed by atoms with Gasteiger partial charge in [-0.05, 0) is 56.6 Å². The average Bonchev–Trinajstić information content (AvgIpc) is 3.01. The van der Waals surface area contributed by atoms with Gasteiger partial charge in [-0.3, -0.25) is 9.59 Å². The third kappa shape index (κ3) is 4.70. The highest BCUT2D eigenvalue weighted by Crippen LogP contribution is 2.38. The van der Waals surface area contributed by atoms with E-state index in [9.17, 15) is 9.59 Å². The zero-order chi connectivity index (χ0) is 21.1. The number of hydrogen-bond acceptors (Lipinski definition) is 4. The maximum absolute atomic E-state index is 12.7. The SMILES string of the molecule is COCC(=O)N1C2CCC1CC(OC1CCN(C(=O)Cc3ccccc3C)CC1)C2. The van der Waals surface area contributed by atoms with Crippen LogP contribution >= 0.6 is 0 Å². The van der Waals surface area contributed by atoms with Gasteiger partial charge in [-0.1, -0.05) is 24.3 Å². The fourth-order valence-electron chi connectivity index (χ4n) is 5.44. The van der Waals surface area contributed by atoms with Gasteiger partial charge < -0.3 is 19.3 Å². The van der Waals surface area contributed by atoms with Crippen molar-refractivity contribution in [2.24, 2.45) is 0 Å². The Bertz CT molecular complexity index is 745. The molecule has 2 atom stereocenters. The Hall–Kier alpha value is -1.92. The number of benzene rings is 1. The Balaban J connectivity index is 1.23. The quantitative estimate of drug-likeness (QED) is 0.718. The lowest BCUT2D eigenvalue weighted by Crippen LogP contribution is -2.51. The summed E-state index contributed by atoms with van der Waals surface area (Å²) in [5, 5.41) is 0. The third-order valence-corrected chi connectivity index (χ3v) is 7.03. The molecule has 0 N–H and O–H groups in total. The lowest BCUT2D eigenvalue weighted by atomic mass is 9.98. The van der Waals surface area contributed by atoms with E-state index in [4.69, 9.17) is 9.47 Å². The number of carbonyl (C=O) groups is 2. The molecule has 0 spiro atoms. The summed E-state index contributed by atoms with van der Waals surface area (Å²) in [4.78, 5) is 29.1. The first-order chi connectivity index (χ1) is 14.5. The molecule has 2 amide bonds. The molecule has 6 nitrogen and oxygen atoms in total. The summed E-state index contributed by atoms with van der Waals surface area (Å²) in [6.45, 7) is 3.78. The van der Waals surface area contributed by atoms with Gasteiger partial charge in [0.05, 0.1) is 18.6 Å². The molecule has 3 fully saturated rings. The molecule has 4 rings (SSSR count). The smallest absolute Gasteiger partial charge is 0.249 e. The summed E-state index contributed by atoms with van der Waals surface area (Å²) in [6.07, 6.45) is 6.74. The van der Waals surface area contributed by atoms with Crippen molar-refractivity contribution in [1.82, 2.24) is 9.80 Å². The van der Waals surface area contributed by atoms with E-state index in [1.165, 1.54) is 5.56 Å². The highest BCUT2D eigenvalue weighted by atomic mass is 16.5. The van der Waals surface area contributed by atoms with Gasteiger partial charge >= 0.3 is 0 Å². The van der Waals surface area contributed by atoms with Crippen LogP contribution in [0.2, 0.25) is 0 Å². The van der Waals surface area contributed by atoms with Crippen molar-refractivity contribution >= 4 is 11.8 Å². The summed E-state index contributed by atoms with van der Waals surface area (Å²) in [6, 6.07) is 8.71. The summed E-state index contributed by atoms with van der Waals surface area (Å²) in [5.41, 5.74) is 2.29. The van der Waals surface area contributed by atoms with Crippen LogP contribution in [0.3, 0.4) is 0 Å². The van der Waals surface area contributed by atoms with Gasteiger partial charge in [0.25, 0.3) is 0 Å². The van der Waals surface area contributed by atoms with Gasteiger partial charge in [0, 0.05) is 32.3 Å². The van der Waals surface area contributed by atoms with Crippen LogP contribution < -0.4 is 0 Å². The lowest BCUT2D eigenvalue weighted by Gasteiger charge is -2.41. The molecule has 3 aliphatic rings. The number of likely N-dealkylation sites (tertiary alicyclic amines) is 1. The second-order valence-electron chi connectivity index (χ2n) is 9.03. The van der Waals surface area contributed by atoms with Gasteiger partial charge in [-0.25, -0.2) is 0 Å². The standard InChI is InChI=1S/C24H34N2O4/c1-17-5-3-4-6-18(17)13-23(27)25-11-9-21(10-12-25)30-22-14-19-7-8-20(15-22)26(19)24(28)16-29-2/h3-6,19-22H,7-16H2,1-2H3. The molecule has 3 heterocycles. The Morgan fingerprint density at radius 1 is 0.967 bits per heavy atom. The molecule has 3 aliphatic heterocycles. The van der Waals surface area contributed by atoms with Crippen molar-refractivity contribution in [3.63, 3.8) is 0 Å². The molecule has 2 bridgehead atoms. The molecule has 1 aromatic rings. The first kappa shape index (κ1) is 21.3. The number of nitrogens with zero attached hydrogens (tertiary/aromatic N) is 2. The number of carbonyl (C=O) groups excluding carboxylic acids is 2. The van der Waals surface area contributed by atoms with Crippen molar-refractivity contribution in [2.75, 3.05) is 26.8 Å². The van der Waals surface area contributed by atoms with Crippen LogP contribution in [0.25, 0.3) is 0 Å². The molecule has 164 valence electrons. The van der Waals surface area contributed by atoms with E-state index in [2.05, 4.69) is 17.9 Å². The highest BCUT2D eigenvalue weighted by molar-refractivity contribution is 5.79. The number of piperidine rings is 2. The fourth-order valence-corrected chi connectivity index (χ4v) is 5.44. The van der Waals surface area contributed by atoms with E-state index in [0.717, 1.165) is 57.2 Å². The maximum atomic E-state index is 12.7. The van der Waals surface area contributed by atoms with Crippen LogP contribution in [0, 0.1) is 6.92 Å². The van der Waals surface area contributed by atoms with Crippen LogP contribution in [0.5, 0.6) is 0 Å². The lowest BCUT2D eigenvalue weighted by molar-refractivity contribution is -0.145. The molecule has 0 aromatic heterocycles. The molecular weight excluding hydrogens is 380 g/mol. The predicted octanol–water partition coefficient (Wildman–Crippen LogP) is 2.71. The third-order valence-electron chi connectivity index (χ3n) is 7.03. The summed E-state index contributed by atoms with van der Waals surface area (Å²) in [5.74, 6) is 0.328. The van der Waals surface area contributed by atoms with Crippen molar-refractivity contribution in [3.8, 4) is 0 Å². The molecular formula is C24H34N2O4. The van der Waals surface area contributed by atoms with E-state index in [1.807, 2.05) is 23.1 Å². The molecule has 30 heavy (non-hydrogen) atoms. The Morgan fingerprint density at radius 3 is 2.27 bits per heavy atom. The number of methoxy groups -OCH3 is 1. The molecule has 0 radical (unpaired) electrons. The van der Waals surface area contributed by atoms with Gasteiger partial charge in [-0.15, -0.1) is 0 Å². The van der Waals surface area contributed by atoms with Crippen molar-refractivity contribution in [2.45, 2.75) is 76.2 Å². The first-order valence-corrected chi connectivity index (χ1v) is 11.3. The number of amides is 2. The Labute approximate surface area is 179 Å². The van der Waals surface area contributed by atoms with Crippen molar-refractivity contribution < 1.29 is 19.1 Å². The number of aryl methyl sites for hydroxylation is 1. The summed E-state index contributed by atoms with van der Waals surface area (Å²) in [7, 11) is 1.58. The normalized spacial score (nSPS) is 26.8. The molecule has 3 saturated heterocycles. The molecule has 1 aromatic carbocycles. The number of fused-ring (bicyclic) bond motifs is 2. The van der Waals surface area contributed by atoms with Crippen molar-refractivity contribution in [3.05, 3.63) is 35.4 Å². The number of ether oxygens (including phenoxy) is 2. The minimum Gasteiger partial charge on any atom is -0.375 e. The number of rotatable bonds is 6. The Kier molecular flexibility index (Phi) is 6.74. The van der Waals surface area contributed by atoms with Gasteiger partial charge in [0.1, 0.15) is 6.61 Å². The Morgan fingerprint density at radius 2 is 1.63 bits per heavy atom. The largest absolute Gasteiger partial charge is 0.375 e.